The average molecular weight is 226 g/mol. The van der Waals surface area contributed by atoms with E-state index in [1.165, 1.54) is 4.90 Å². The quantitative estimate of drug-likeness (QED) is 0.437. The predicted molar refractivity (Wildman–Crippen MR) is 54.9 cm³/mol. The molecular formula is C9H14N4O3. The molecule has 0 atom stereocenters. The summed E-state index contributed by atoms with van der Waals surface area (Å²) in [4.78, 5) is 34.5. The fourth-order valence-corrected chi connectivity index (χ4v) is 0.787. The van der Waals surface area contributed by atoms with Crippen LogP contribution in [0.2, 0.25) is 0 Å². The summed E-state index contributed by atoms with van der Waals surface area (Å²) < 4.78 is 0. The lowest BCUT2D eigenvalue weighted by Gasteiger charge is -2.10. The summed E-state index contributed by atoms with van der Waals surface area (Å²) >= 11 is 0. The fourth-order valence-electron chi connectivity index (χ4n) is 0.787. The van der Waals surface area contributed by atoms with Gasteiger partial charge in [-0.25, -0.2) is 0 Å². The highest BCUT2D eigenvalue weighted by atomic mass is 16.2. The number of carbonyl (C=O) groups is 3. The fraction of sp³-hybridized carbons (Fsp3) is 0.556. The van der Waals surface area contributed by atoms with Crippen LogP contribution in [0.15, 0.2) is 0 Å². The van der Waals surface area contributed by atoms with Crippen LogP contribution < -0.4 is 10.6 Å². The van der Waals surface area contributed by atoms with Crippen molar-refractivity contribution < 1.29 is 14.4 Å². The Morgan fingerprint density at radius 3 is 2.25 bits per heavy atom. The van der Waals surface area contributed by atoms with Crippen molar-refractivity contribution >= 4 is 17.7 Å². The minimum absolute atomic E-state index is 0.0931. The zero-order valence-electron chi connectivity index (χ0n) is 9.24. The lowest BCUT2D eigenvalue weighted by atomic mass is 10.3. The van der Waals surface area contributed by atoms with E-state index in [-0.39, 0.29) is 25.4 Å². The van der Waals surface area contributed by atoms with Crippen molar-refractivity contribution in [2.75, 3.05) is 27.2 Å². The molecule has 0 unspecified atom stereocenters. The second-order valence-electron chi connectivity index (χ2n) is 3.13. The Kier molecular flexibility index (Phi) is 6.28. The first kappa shape index (κ1) is 13.9. The third kappa shape index (κ3) is 5.59. The first-order chi connectivity index (χ1) is 7.49. The smallest absolute Gasteiger partial charge is 0.310 e. The van der Waals surface area contributed by atoms with Crippen molar-refractivity contribution in [3.05, 3.63) is 0 Å². The van der Waals surface area contributed by atoms with Gasteiger partial charge in [-0.3, -0.25) is 14.4 Å². The van der Waals surface area contributed by atoms with E-state index in [4.69, 9.17) is 5.26 Å². The van der Waals surface area contributed by atoms with Gasteiger partial charge in [-0.05, 0) is 0 Å². The van der Waals surface area contributed by atoms with Crippen molar-refractivity contribution in [3.8, 4) is 6.07 Å². The van der Waals surface area contributed by atoms with E-state index >= 15 is 0 Å². The summed E-state index contributed by atoms with van der Waals surface area (Å²) in [5.74, 6) is -1.86. The maximum Gasteiger partial charge on any atom is 0.310 e. The molecule has 3 amide bonds. The number of nitrogens with zero attached hydrogens (tertiary/aromatic N) is 2. The highest BCUT2D eigenvalue weighted by Gasteiger charge is 2.12. The Balaban J connectivity index is 3.78. The first-order valence-corrected chi connectivity index (χ1v) is 4.62. The highest BCUT2D eigenvalue weighted by molar-refractivity contribution is 6.35. The molecular weight excluding hydrogens is 212 g/mol. The van der Waals surface area contributed by atoms with Gasteiger partial charge >= 0.3 is 11.8 Å². The number of hydrogen-bond donors (Lipinski definition) is 2. The van der Waals surface area contributed by atoms with Gasteiger partial charge in [0.15, 0.2) is 0 Å². The van der Waals surface area contributed by atoms with Gasteiger partial charge in [-0.2, -0.15) is 5.26 Å². The molecule has 0 saturated carbocycles. The topological polar surface area (TPSA) is 102 Å². The number of amides is 3. The zero-order chi connectivity index (χ0) is 12.6. The molecule has 16 heavy (non-hydrogen) atoms. The minimum Gasteiger partial charge on any atom is -0.349 e. The van der Waals surface area contributed by atoms with Crippen LogP contribution in [0, 0.1) is 11.3 Å². The number of rotatable bonds is 4. The Morgan fingerprint density at radius 1 is 1.19 bits per heavy atom. The van der Waals surface area contributed by atoms with E-state index in [9.17, 15) is 14.4 Å². The molecule has 0 aromatic carbocycles. The van der Waals surface area contributed by atoms with Gasteiger partial charge in [0.25, 0.3) is 0 Å². The van der Waals surface area contributed by atoms with E-state index in [2.05, 4.69) is 10.6 Å². The maximum absolute atomic E-state index is 11.1. The summed E-state index contributed by atoms with van der Waals surface area (Å²) in [6.07, 6.45) is 0.129. The summed E-state index contributed by atoms with van der Waals surface area (Å²) in [5, 5.41) is 12.5. The summed E-state index contributed by atoms with van der Waals surface area (Å²) in [5.41, 5.74) is 0. The normalized spacial score (nSPS) is 8.81. The number of hydrogen-bond acceptors (Lipinski definition) is 4. The van der Waals surface area contributed by atoms with Gasteiger partial charge in [-0.15, -0.1) is 0 Å². The molecule has 0 radical (unpaired) electrons. The molecule has 0 aliphatic carbocycles. The summed E-state index contributed by atoms with van der Waals surface area (Å²) in [7, 11) is 3.20. The van der Waals surface area contributed by atoms with E-state index in [0.717, 1.165) is 0 Å². The van der Waals surface area contributed by atoms with Crippen LogP contribution in [0.3, 0.4) is 0 Å². The molecule has 0 rings (SSSR count). The molecule has 88 valence electrons. The van der Waals surface area contributed by atoms with E-state index in [0.29, 0.717) is 0 Å². The van der Waals surface area contributed by atoms with Crippen molar-refractivity contribution in [2.24, 2.45) is 0 Å². The zero-order valence-corrected chi connectivity index (χ0v) is 9.24. The molecule has 0 bridgehead atoms. The van der Waals surface area contributed by atoms with E-state index in [1.54, 1.807) is 20.2 Å². The molecule has 0 saturated heterocycles. The maximum atomic E-state index is 11.1. The van der Waals surface area contributed by atoms with Crippen molar-refractivity contribution in [1.29, 1.82) is 5.26 Å². The van der Waals surface area contributed by atoms with Crippen molar-refractivity contribution in [3.63, 3.8) is 0 Å². The highest BCUT2D eigenvalue weighted by Crippen LogP contribution is 1.84. The van der Waals surface area contributed by atoms with Gasteiger partial charge in [0, 0.05) is 27.1 Å². The van der Waals surface area contributed by atoms with Crippen molar-refractivity contribution in [2.45, 2.75) is 6.42 Å². The van der Waals surface area contributed by atoms with E-state index in [1.807, 2.05) is 0 Å². The third-order valence-electron chi connectivity index (χ3n) is 1.66. The lowest BCUT2D eigenvalue weighted by Crippen LogP contribution is -2.41. The van der Waals surface area contributed by atoms with Crippen LogP contribution in [-0.2, 0) is 14.4 Å². The van der Waals surface area contributed by atoms with Crippen LogP contribution in [0.5, 0.6) is 0 Å². The molecule has 0 aliphatic heterocycles. The Labute approximate surface area is 93.4 Å². The molecule has 0 spiro atoms. The Bertz CT molecular complexity index is 319. The summed E-state index contributed by atoms with van der Waals surface area (Å²) in [6.45, 7) is -0.126. The van der Waals surface area contributed by atoms with Gasteiger partial charge in [-0.1, -0.05) is 0 Å². The van der Waals surface area contributed by atoms with E-state index < -0.39 is 11.8 Å². The number of nitriles is 1. The molecule has 7 heteroatoms. The molecule has 0 fully saturated rings. The van der Waals surface area contributed by atoms with Gasteiger partial charge in [0.05, 0.1) is 6.07 Å². The standard InChI is InChI=1S/C9H14N4O3/c1-13(2)7(14)3-5-11-8(15)9(16)12-6-4-10/h3,5-6H2,1-2H3,(H,11,15)(H,12,16). The first-order valence-electron chi connectivity index (χ1n) is 4.62. The molecule has 0 aromatic heterocycles. The average Bonchev–Trinajstić information content (AvgIpc) is 2.25. The van der Waals surface area contributed by atoms with Crippen LogP contribution in [0.4, 0.5) is 0 Å². The number of carbonyl (C=O) groups excluding carboxylic acids is 3. The molecule has 0 heterocycles. The molecule has 7 nitrogen and oxygen atoms in total. The number of nitrogens with one attached hydrogen (secondary N) is 2. The van der Waals surface area contributed by atoms with Gasteiger partial charge in [0.2, 0.25) is 5.91 Å². The van der Waals surface area contributed by atoms with Crippen molar-refractivity contribution in [1.82, 2.24) is 15.5 Å². The van der Waals surface area contributed by atoms with Crippen LogP contribution >= 0.6 is 0 Å². The lowest BCUT2D eigenvalue weighted by molar-refractivity contribution is -0.139. The monoisotopic (exact) mass is 226 g/mol. The largest absolute Gasteiger partial charge is 0.349 e. The Hall–Kier alpha value is -2.10. The van der Waals surface area contributed by atoms with Crippen LogP contribution in [0.25, 0.3) is 0 Å². The Morgan fingerprint density at radius 2 is 1.75 bits per heavy atom. The third-order valence-corrected chi connectivity index (χ3v) is 1.66. The minimum atomic E-state index is -0.876. The summed E-state index contributed by atoms with van der Waals surface area (Å²) in [6, 6.07) is 1.67. The second-order valence-corrected chi connectivity index (χ2v) is 3.13. The predicted octanol–water partition coefficient (Wildman–Crippen LogP) is -1.78. The van der Waals surface area contributed by atoms with Crippen LogP contribution in [-0.4, -0.2) is 49.8 Å². The molecule has 0 aromatic rings. The van der Waals surface area contributed by atoms with Gasteiger partial charge in [0.1, 0.15) is 6.54 Å². The SMILES string of the molecule is CN(C)C(=O)CCNC(=O)C(=O)NCC#N. The second kappa shape index (κ2) is 7.23. The van der Waals surface area contributed by atoms with Crippen LogP contribution in [0.1, 0.15) is 6.42 Å². The van der Waals surface area contributed by atoms with Gasteiger partial charge < -0.3 is 15.5 Å². The molecule has 0 aliphatic rings. The molecule has 2 N–H and O–H groups in total.